The quantitative estimate of drug-likeness (QED) is 0.619. The van der Waals surface area contributed by atoms with Crippen LogP contribution in [0.5, 0.6) is 0 Å². The zero-order chi connectivity index (χ0) is 19.2. The highest BCUT2D eigenvalue weighted by atomic mass is 32.1. The monoisotopic (exact) mass is 381 g/mol. The number of hydrogen-bond donors (Lipinski definition) is 2. The van der Waals surface area contributed by atoms with Gasteiger partial charge in [0.15, 0.2) is 5.13 Å². The first kappa shape index (κ1) is 19.0. The molecule has 0 aliphatic heterocycles. The average molecular weight is 382 g/mol. The number of aryl methyl sites for hydroxylation is 2. The second-order valence-corrected chi connectivity index (χ2v) is 7.36. The smallest absolute Gasteiger partial charge is 0.225 e. The summed E-state index contributed by atoms with van der Waals surface area (Å²) in [6, 6.07) is 13.9. The number of benzene rings is 2. The fraction of sp³-hybridized carbons (Fsp3) is 0.286. The average Bonchev–Trinajstić information content (AvgIpc) is 3.07. The van der Waals surface area contributed by atoms with Gasteiger partial charge in [0, 0.05) is 18.5 Å². The van der Waals surface area contributed by atoms with Crippen LogP contribution in [0.4, 0.5) is 10.8 Å². The number of nitrogens with one attached hydrogen (secondary N) is 2. The Kier molecular flexibility index (Phi) is 6.19. The number of amides is 2. The molecule has 3 aromatic rings. The number of carbonyl (C=O) groups is 2. The molecule has 0 aliphatic carbocycles. The van der Waals surface area contributed by atoms with Crippen molar-refractivity contribution in [3.8, 4) is 0 Å². The van der Waals surface area contributed by atoms with Crippen molar-refractivity contribution in [3.63, 3.8) is 0 Å². The van der Waals surface area contributed by atoms with Crippen LogP contribution >= 0.6 is 11.3 Å². The summed E-state index contributed by atoms with van der Waals surface area (Å²) < 4.78 is 1.01. The minimum Gasteiger partial charge on any atom is -0.326 e. The van der Waals surface area contributed by atoms with Crippen molar-refractivity contribution in [1.29, 1.82) is 0 Å². The van der Waals surface area contributed by atoms with Crippen LogP contribution in [-0.4, -0.2) is 16.8 Å². The molecule has 0 bridgehead atoms. The van der Waals surface area contributed by atoms with Gasteiger partial charge < -0.3 is 10.6 Å². The number of anilines is 2. The summed E-state index contributed by atoms with van der Waals surface area (Å²) in [7, 11) is 0. The molecule has 0 unspecified atom stereocenters. The molecule has 27 heavy (non-hydrogen) atoms. The molecule has 140 valence electrons. The Hall–Kier alpha value is -2.73. The lowest BCUT2D eigenvalue weighted by molar-refractivity contribution is -0.116. The number of hydrogen-bond acceptors (Lipinski definition) is 4. The van der Waals surface area contributed by atoms with Crippen LogP contribution < -0.4 is 10.6 Å². The van der Waals surface area contributed by atoms with E-state index in [1.807, 2.05) is 43.3 Å². The molecule has 2 N–H and O–H groups in total. The molecule has 0 fully saturated rings. The molecule has 5 nitrogen and oxygen atoms in total. The van der Waals surface area contributed by atoms with Crippen LogP contribution in [0.15, 0.2) is 42.5 Å². The van der Waals surface area contributed by atoms with E-state index in [0.717, 1.165) is 27.9 Å². The number of fused-ring (bicyclic) bond motifs is 1. The predicted octanol–water partition coefficient (Wildman–Crippen LogP) is 4.78. The first-order chi connectivity index (χ1) is 13.1. The molecular weight excluding hydrogens is 358 g/mol. The molecule has 2 amide bonds. The third-order valence-electron chi connectivity index (χ3n) is 4.28. The SMILES string of the molecule is CCC(=O)Nc1nc2ccc(CCC(=O)Nc3cccc(CC)c3)cc2s1. The summed E-state index contributed by atoms with van der Waals surface area (Å²) in [4.78, 5) is 28.2. The van der Waals surface area contributed by atoms with E-state index >= 15 is 0 Å². The lowest BCUT2D eigenvalue weighted by atomic mass is 10.1. The summed E-state index contributed by atoms with van der Waals surface area (Å²) >= 11 is 1.45. The van der Waals surface area contributed by atoms with Gasteiger partial charge in [-0.05, 0) is 48.2 Å². The molecule has 0 spiro atoms. The third-order valence-corrected chi connectivity index (χ3v) is 5.21. The van der Waals surface area contributed by atoms with E-state index in [-0.39, 0.29) is 11.8 Å². The Balaban J connectivity index is 1.60. The molecule has 1 heterocycles. The largest absolute Gasteiger partial charge is 0.326 e. The van der Waals surface area contributed by atoms with Crippen molar-refractivity contribution in [3.05, 3.63) is 53.6 Å². The van der Waals surface area contributed by atoms with Gasteiger partial charge in [0.25, 0.3) is 0 Å². The maximum Gasteiger partial charge on any atom is 0.225 e. The van der Waals surface area contributed by atoms with Gasteiger partial charge in [-0.2, -0.15) is 0 Å². The molecule has 3 rings (SSSR count). The lowest BCUT2D eigenvalue weighted by Gasteiger charge is -2.07. The number of thiazole rings is 1. The Bertz CT molecular complexity index is 965. The molecule has 1 aromatic heterocycles. The van der Waals surface area contributed by atoms with Gasteiger partial charge in [-0.1, -0.05) is 43.4 Å². The number of aromatic nitrogens is 1. The van der Waals surface area contributed by atoms with Gasteiger partial charge in [-0.3, -0.25) is 9.59 Å². The van der Waals surface area contributed by atoms with Gasteiger partial charge in [0.05, 0.1) is 10.2 Å². The summed E-state index contributed by atoms with van der Waals surface area (Å²) in [5.41, 5.74) is 3.98. The Morgan fingerprint density at radius 3 is 2.63 bits per heavy atom. The van der Waals surface area contributed by atoms with Crippen LogP contribution in [0.2, 0.25) is 0 Å². The van der Waals surface area contributed by atoms with E-state index in [0.29, 0.717) is 24.4 Å². The molecule has 0 saturated heterocycles. The first-order valence-electron chi connectivity index (χ1n) is 9.15. The Labute approximate surface area is 162 Å². The van der Waals surface area contributed by atoms with E-state index < -0.39 is 0 Å². The molecule has 0 saturated carbocycles. The molecule has 6 heteroatoms. The highest BCUT2D eigenvalue weighted by Crippen LogP contribution is 2.27. The van der Waals surface area contributed by atoms with Crippen LogP contribution in [0, 0.1) is 0 Å². The van der Waals surface area contributed by atoms with E-state index in [1.165, 1.54) is 16.9 Å². The zero-order valence-electron chi connectivity index (χ0n) is 15.5. The fourth-order valence-electron chi connectivity index (χ4n) is 2.74. The molecule has 0 atom stereocenters. The highest BCUT2D eigenvalue weighted by Gasteiger charge is 2.09. The van der Waals surface area contributed by atoms with Crippen molar-refractivity contribution in [1.82, 2.24) is 4.98 Å². The minimum absolute atomic E-state index is 0.00329. The predicted molar refractivity (Wildman–Crippen MR) is 111 cm³/mol. The number of nitrogens with zero attached hydrogens (tertiary/aromatic N) is 1. The van der Waals surface area contributed by atoms with Crippen molar-refractivity contribution in [2.75, 3.05) is 10.6 Å². The summed E-state index contributed by atoms with van der Waals surface area (Å²) in [5, 5.41) is 6.37. The highest BCUT2D eigenvalue weighted by molar-refractivity contribution is 7.22. The van der Waals surface area contributed by atoms with Gasteiger partial charge in [-0.25, -0.2) is 4.98 Å². The zero-order valence-corrected chi connectivity index (χ0v) is 16.4. The summed E-state index contributed by atoms with van der Waals surface area (Å²) in [6.45, 7) is 3.90. The number of carbonyl (C=O) groups excluding carboxylic acids is 2. The summed E-state index contributed by atoms with van der Waals surface area (Å²) in [6.07, 6.45) is 2.45. The van der Waals surface area contributed by atoms with Crippen LogP contribution in [-0.2, 0) is 22.4 Å². The number of rotatable bonds is 7. The second-order valence-electron chi connectivity index (χ2n) is 6.32. The van der Waals surface area contributed by atoms with E-state index in [1.54, 1.807) is 0 Å². The van der Waals surface area contributed by atoms with Crippen molar-refractivity contribution >= 4 is 44.2 Å². The van der Waals surface area contributed by atoms with E-state index in [9.17, 15) is 9.59 Å². The van der Waals surface area contributed by atoms with Crippen molar-refractivity contribution < 1.29 is 9.59 Å². The maximum atomic E-state index is 12.2. The van der Waals surface area contributed by atoms with E-state index in [4.69, 9.17) is 0 Å². The van der Waals surface area contributed by atoms with Gasteiger partial charge in [-0.15, -0.1) is 0 Å². The second kappa shape index (κ2) is 8.77. The third kappa shape index (κ3) is 5.14. The van der Waals surface area contributed by atoms with Gasteiger partial charge in [0.2, 0.25) is 11.8 Å². The van der Waals surface area contributed by atoms with Crippen LogP contribution in [0.1, 0.15) is 37.8 Å². The topological polar surface area (TPSA) is 71.1 Å². The lowest BCUT2D eigenvalue weighted by Crippen LogP contribution is -2.12. The van der Waals surface area contributed by atoms with Crippen LogP contribution in [0.25, 0.3) is 10.2 Å². The standard InChI is InChI=1S/C21H23N3O2S/c1-3-14-6-5-7-16(12-14)22-20(26)11-9-15-8-10-17-18(13-15)27-21(23-17)24-19(25)4-2/h5-8,10,12-13H,3-4,9,11H2,1-2H3,(H,22,26)(H,23,24,25). The van der Waals surface area contributed by atoms with Gasteiger partial charge >= 0.3 is 0 Å². The van der Waals surface area contributed by atoms with Gasteiger partial charge in [0.1, 0.15) is 0 Å². The normalized spacial score (nSPS) is 10.7. The summed E-state index contributed by atoms with van der Waals surface area (Å²) in [5.74, 6) is -0.0401. The minimum atomic E-state index is -0.0434. The van der Waals surface area contributed by atoms with E-state index in [2.05, 4.69) is 28.6 Å². The van der Waals surface area contributed by atoms with Crippen LogP contribution in [0.3, 0.4) is 0 Å². The first-order valence-corrected chi connectivity index (χ1v) is 9.97. The Morgan fingerprint density at radius 1 is 1.00 bits per heavy atom. The van der Waals surface area contributed by atoms with Crippen molar-refractivity contribution in [2.24, 2.45) is 0 Å². The molecule has 0 radical (unpaired) electrons. The van der Waals surface area contributed by atoms with Crippen molar-refractivity contribution in [2.45, 2.75) is 39.5 Å². The Morgan fingerprint density at radius 2 is 1.85 bits per heavy atom. The molecule has 0 aliphatic rings. The maximum absolute atomic E-state index is 12.2. The molecule has 2 aromatic carbocycles. The molecular formula is C21H23N3O2S. The fourth-order valence-corrected chi connectivity index (χ4v) is 3.68.